The van der Waals surface area contributed by atoms with Crippen molar-refractivity contribution < 1.29 is 4.74 Å². The first-order valence-corrected chi connectivity index (χ1v) is 6.20. The molecule has 0 bridgehead atoms. The predicted octanol–water partition coefficient (Wildman–Crippen LogP) is 3.03. The molecule has 0 fully saturated rings. The molecule has 0 saturated heterocycles. The van der Waals surface area contributed by atoms with Crippen LogP contribution in [0.25, 0.3) is 0 Å². The number of hydrogen-bond acceptors (Lipinski definition) is 3. The lowest BCUT2D eigenvalue weighted by Crippen LogP contribution is -2.02. The first-order valence-electron chi connectivity index (χ1n) is 6.20. The molecule has 96 valence electrons. The van der Waals surface area contributed by atoms with Crippen molar-refractivity contribution in [1.29, 1.82) is 0 Å². The van der Waals surface area contributed by atoms with Gasteiger partial charge in [-0.2, -0.15) is 0 Å². The quantitative estimate of drug-likeness (QED) is 0.784. The topological polar surface area (TPSA) is 35.0 Å². The van der Waals surface area contributed by atoms with E-state index in [4.69, 9.17) is 4.74 Å². The summed E-state index contributed by atoms with van der Waals surface area (Å²) < 4.78 is 5.45. The highest BCUT2D eigenvalue weighted by Crippen LogP contribution is 2.23. The van der Waals surface area contributed by atoms with Crippen molar-refractivity contribution in [2.45, 2.75) is 19.8 Å². The van der Waals surface area contributed by atoms with E-state index >= 15 is 0 Å². The minimum absolute atomic E-state index is 0.212. The van der Waals surface area contributed by atoms with Gasteiger partial charge in [-0.3, -0.25) is 0 Å². The zero-order chi connectivity index (χ0) is 13.5. The summed E-state index contributed by atoms with van der Waals surface area (Å²) in [4.78, 5) is 8.40. The van der Waals surface area contributed by atoms with Gasteiger partial charge in [-0.25, -0.2) is 9.97 Å². The van der Waals surface area contributed by atoms with Crippen molar-refractivity contribution in [3.8, 4) is 17.7 Å². The fourth-order valence-electron chi connectivity index (χ4n) is 1.76. The Morgan fingerprint density at radius 2 is 2.00 bits per heavy atom. The molecule has 1 aromatic carbocycles. The summed E-state index contributed by atoms with van der Waals surface area (Å²) in [5.41, 5.74) is 2.17. The van der Waals surface area contributed by atoms with Gasteiger partial charge in [0.05, 0.1) is 5.69 Å². The molecule has 0 N–H and O–H groups in total. The van der Waals surface area contributed by atoms with Crippen LogP contribution in [-0.4, -0.2) is 16.6 Å². The maximum absolute atomic E-state index is 5.45. The maximum Gasteiger partial charge on any atom is 0.217 e. The Kier molecular flexibility index (Phi) is 4.52. The van der Waals surface area contributed by atoms with Crippen LogP contribution in [0.3, 0.4) is 0 Å². The number of ether oxygens (including phenoxy) is 1. The Labute approximate surface area is 113 Å². The number of hydrogen-bond donors (Lipinski definition) is 0. The second-order valence-corrected chi connectivity index (χ2v) is 4.13. The molecular formula is C16H16N2O. The molecule has 1 unspecified atom stereocenters. The molecule has 2 aromatic rings. The lowest BCUT2D eigenvalue weighted by molar-refractivity contribution is 0.353. The van der Waals surface area contributed by atoms with E-state index in [1.165, 1.54) is 11.9 Å². The van der Waals surface area contributed by atoms with Gasteiger partial charge < -0.3 is 4.74 Å². The van der Waals surface area contributed by atoms with Gasteiger partial charge in [0, 0.05) is 12.0 Å². The third-order valence-electron chi connectivity index (χ3n) is 2.88. The van der Waals surface area contributed by atoms with Gasteiger partial charge in [0.2, 0.25) is 5.88 Å². The molecule has 0 aliphatic rings. The van der Waals surface area contributed by atoms with Gasteiger partial charge in [-0.1, -0.05) is 43.2 Å². The van der Waals surface area contributed by atoms with E-state index < -0.39 is 0 Å². The largest absolute Gasteiger partial charge is 0.464 e. The summed E-state index contributed by atoms with van der Waals surface area (Å²) in [6.45, 7) is 4.26. The van der Waals surface area contributed by atoms with Crippen LogP contribution in [0.5, 0.6) is 5.88 Å². The van der Waals surface area contributed by atoms with Crippen LogP contribution < -0.4 is 4.74 Å². The van der Waals surface area contributed by atoms with Crippen molar-refractivity contribution in [2.75, 3.05) is 6.61 Å². The highest BCUT2D eigenvalue weighted by Gasteiger charge is 2.10. The van der Waals surface area contributed by atoms with Crippen molar-refractivity contribution in [3.05, 3.63) is 54.0 Å². The smallest absolute Gasteiger partial charge is 0.217 e. The summed E-state index contributed by atoms with van der Waals surface area (Å²) in [5, 5.41) is 0. The lowest BCUT2D eigenvalue weighted by Gasteiger charge is -2.11. The monoisotopic (exact) mass is 252 g/mol. The molecule has 0 aliphatic carbocycles. The minimum atomic E-state index is 0.212. The van der Waals surface area contributed by atoms with E-state index in [9.17, 15) is 0 Å². The van der Waals surface area contributed by atoms with Crippen molar-refractivity contribution in [1.82, 2.24) is 9.97 Å². The Balaban J connectivity index is 2.15. The van der Waals surface area contributed by atoms with E-state index in [1.807, 2.05) is 24.3 Å². The molecule has 3 heteroatoms. The van der Waals surface area contributed by atoms with Gasteiger partial charge in [0.25, 0.3) is 0 Å². The maximum atomic E-state index is 5.45. The summed E-state index contributed by atoms with van der Waals surface area (Å²) >= 11 is 0. The van der Waals surface area contributed by atoms with E-state index in [1.54, 1.807) is 6.92 Å². The summed E-state index contributed by atoms with van der Waals surface area (Å²) in [6, 6.07) is 12.1. The van der Waals surface area contributed by atoms with Crippen LogP contribution in [0.15, 0.2) is 42.7 Å². The van der Waals surface area contributed by atoms with Gasteiger partial charge in [0.1, 0.15) is 6.33 Å². The van der Waals surface area contributed by atoms with Gasteiger partial charge in [-0.05, 0) is 12.5 Å². The van der Waals surface area contributed by atoms with Crippen LogP contribution in [0.4, 0.5) is 0 Å². The van der Waals surface area contributed by atoms with Crippen molar-refractivity contribution in [3.63, 3.8) is 0 Å². The van der Waals surface area contributed by atoms with Crippen LogP contribution in [0.1, 0.15) is 31.0 Å². The fraction of sp³-hybridized carbons (Fsp3) is 0.250. The van der Waals surface area contributed by atoms with Gasteiger partial charge in [-0.15, -0.1) is 5.92 Å². The van der Waals surface area contributed by atoms with Gasteiger partial charge in [0.15, 0.2) is 6.61 Å². The summed E-state index contributed by atoms with van der Waals surface area (Å²) in [7, 11) is 0. The van der Waals surface area contributed by atoms with Crippen LogP contribution in [0.2, 0.25) is 0 Å². The molecule has 0 radical (unpaired) electrons. The van der Waals surface area contributed by atoms with E-state index in [0.717, 1.165) is 5.69 Å². The highest BCUT2D eigenvalue weighted by atomic mass is 16.5. The molecule has 3 nitrogen and oxygen atoms in total. The Hall–Kier alpha value is -2.34. The second-order valence-electron chi connectivity index (χ2n) is 4.13. The molecule has 1 atom stereocenters. The Bertz CT molecular complexity index is 584. The number of nitrogens with zero attached hydrogens (tertiary/aromatic N) is 2. The minimum Gasteiger partial charge on any atom is -0.464 e. The molecule has 1 aromatic heterocycles. The normalized spacial score (nSPS) is 11.3. The third kappa shape index (κ3) is 3.56. The van der Waals surface area contributed by atoms with E-state index in [0.29, 0.717) is 12.5 Å². The van der Waals surface area contributed by atoms with Gasteiger partial charge >= 0.3 is 0 Å². The highest BCUT2D eigenvalue weighted by molar-refractivity contribution is 5.29. The molecule has 2 rings (SSSR count). The Morgan fingerprint density at radius 1 is 1.21 bits per heavy atom. The molecular weight excluding hydrogens is 236 g/mol. The SMILES string of the molecule is CC#CCOc1cc(C(C)c2ccccc2)ncn1. The number of benzene rings is 1. The van der Waals surface area contributed by atoms with Crippen molar-refractivity contribution in [2.24, 2.45) is 0 Å². The van der Waals surface area contributed by atoms with E-state index in [-0.39, 0.29) is 5.92 Å². The number of aromatic nitrogens is 2. The molecule has 0 spiro atoms. The average Bonchev–Trinajstić information content (AvgIpc) is 2.48. The average molecular weight is 252 g/mol. The van der Waals surface area contributed by atoms with Crippen LogP contribution in [0, 0.1) is 11.8 Å². The standard InChI is InChI=1S/C16H16N2O/c1-3-4-10-19-16-11-15(17-12-18-16)13(2)14-8-6-5-7-9-14/h5-9,11-13H,10H2,1-2H3. The zero-order valence-corrected chi connectivity index (χ0v) is 11.1. The first-order chi connectivity index (χ1) is 9.31. The third-order valence-corrected chi connectivity index (χ3v) is 2.88. The predicted molar refractivity (Wildman–Crippen MR) is 74.9 cm³/mol. The summed E-state index contributed by atoms with van der Waals surface area (Å²) in [6.07, 6.45) is 1.53. The zero-order valence-electron chi connectivity index (χ0n) is 11.1. The molecule has 19 heavy (non-hydrogen) atoms. The molecule has 1 heterocycles. The number of rotatable bonds is 4. The molecule has 0 aliphatic heterocycles. The summed E-state index contributed by atoms with van der Waals surface area (Å²) in [5.74, 6) is 6.40. The molecule has 0 amide bonds. The lowest BCUT2D eigenvalue weighted by atomic mass is 9.98. The fourth-order valence-corrected chi connectivity index (χ4v) is 1.76. The van der Waals surface area contributed by atoms with Crippen LogP contribution in [-0.2, 0) is 0 Å². The first kappa shape index (κ1) is 13.1. The van der Waals surface area contributed by atoms with Crippen LogP contribution >= 0.6 is 0 Å². The van der Waals surface area contributed by atoms with E-state index in [2.05, 4.69) is 40.9 Å². The Morgan fingerprint density at radius 3 is 2.74 bits per heavy atom. The second kappa shape index (κ2) is 6.55. The molecule has 0 saturated carbocycles. The van der Waals surface area contributed by atoms with Crippen molar-refractivity contribution >= 4 is 0 Å².